The molecule has 0 bridgehead atoms. The summed E-state index contributed by atoms with van der Waals surface area (Å²) in [5.41, 5.74) is 0.923. The van der Waals surface area contributed by atoms with Crippen LogP contribution in [0.5, 0.6) is 0 Å². The van der Waals surface area contributed by atoms with E-state index in [1.165, 1.54) is 42.5 Å². The first-order valence-corrected chi connectivity index (χ1v) is 7.03. The van der Waals surface area contributed by atoms with Crippen LogP contribution in [0.1, 0.15) is 10.4 Å². The molecule has 2 aromatic rings. The van der Waals surface area contributed by atoms with Crippen LogP contribution in [0.4, 0.5) is 20.6 Å². The summed E-state index contributed by atoms with van der Waals surface area (Å²) >= 11 is 1.46. The van der Waals surface area contributed by atoms with Crippen molar-refractivity contribution in [3.05, 3.63) is 46.4 Å². The molecule has 1 aromatic carbocycles. The highest BCUT2D eigenvalue weighted by Gasteiger charge is 2.15. The molecule has 0 atom stereocenters. The van der Waals surface area contributed by atoms with E-state index in [0.29, 0.717) is 11.4 Å². The van der Waals surface area contributed by atoms with E-state index in [1.54, 1.807) is 11.4 Å². The average Bonchev–Trinajstić information content (AvgIpc) is 2.92. The SMILES string of the molecule is CN(C)C(=O)c1cc(NC(=O)Nc2ccsc2)ccc1F. The molecule has 0 aliphatic heterocycles. The van der Waals surface area contributed by atoms with Gasteiger partial charge in [0.15, 0.2) is 0 Å². The third-order valence-corrected chi connectivity index (χ3v) is 3.32. The number of carbonyl (C=O) groups is 2. The number of amides is 3. The molecule has 0 saturated carbocycles. The third-order valence-electron chi connectivity index (χ3n) is 2.64. The number of benzene rings is 1. The number of nitrogens with zero attached hydrogens (tertiary/aromatic N) is 1. The number of hydrogen-bond donors (Lipinski definition) is 2. The van der Waals surface area contributed by atoms with Crippen LogP contribution in [-0.2, 0) is 0 Å². The van der Waals surface area contributed by atoms with E-state index in [0.717, 1.165) is 6.07 Å². The Morgan fingerprint density at radius 1 is 1.14 bits per heavy atom. The van der Waals surface area contributed by atoms with Gasteiger partial charge >= 0.3 is 6.03 Å². The standard InChI is InChI=1S/C14H14FN3O2S/c1-18(2)13(19)11-7-9(3-4-12(11)15)16-14(20)17-10-5-6-21-8-10/h3-8H,1-2H3,(H2,16,17,20). The molecular weight excluding hydrogens is 293 g/mol. The molecule has 1 aromatic heterocycles. The van der Waals surface area contributed by atoms with Crippen molar-refractivity contribution >= 4 is 34.6 Å². The average molecular weight is 307 g/mol. The van der Waals surface area contributed by atoms with E-state index in [9.17, 15) is 14.0 Å². The third kappa shape index (κ3) is 3.79. The van der Waals surface area contributed by atoms with Crippen molar-refractivity contribution < 1.29 is 14.0 Å². The van der Waals surface area contributed by atoms with Crippen molar-refractivity contribution in [1.82, 2.24) is 4.90 Å². The highest BCUT2D eigenvalue weighted by molar-refractivity contribution is 7.08. The summed E-state index contributed by atoms with van der Waals surface area (Å²) in [6.45, 7) is 0. The van der Waals surface area contributed by atoms with E-state index in [4.69, 9.17) is 0 Å². The van der Waals surface area contributed by atoms with Crippen LogP contribution in [0.15, 0.2) is 35.0 Å². The summed E-state index contributed by atoms with van der Waals surface area (Å²) in [7, 11) is 3.07. The number of rotatable bonds is 3. The summed E-state index contributed by atoms with van der Waals surface area (Å²) in [6.07, 6.45) is 0. The second-order valence-electron chi connectivity index (χ2n) is 4.49. The highest BCUT2D eigenvalue weighted by Crippen LogP contribution is 2.17. The lowest BCUT2D eigenvalue weighted by Crippen LogP contribution is -2.23. The Kier molecular flexibility index (Phi) is 4.54. The molecule has 110 valence electrons. The summed E-state index contributed by atoms with van der Waals surface area (Å²) in [6, 6.07) is 5.16. The fourth-order valence-corrected chi connectivity index (χ4v) is 2.22. The molecule has 0 radical (unpaired) electrons. The first-order chi connectivity index (χ1) is 9.97. The maximum atomic E-state index is 13.6. The molecule has 0 saturated heterocycles. The molecule has 5 nitrogen and oxygen atoms in total. The topological polar surface area (TPSA) is 61.4 Å². The predicted octanol–water partition coefficient (Wildman–Crippen LogP) is 3.23. The fourth-order valence-electron chi connectivity index (χ4n) is 1.64. The number of hydrogen-bond acceptors (Lipinski definition) is 3. The molecule has 1 heterocycles. The lowest BCUT2D eigenvalue weighted by Gasteiger charge is -2.12. The second kappa shape index (κ2) is 6.36. The molecule has 21 heavy (non-hydrogen) atoms. The van der Waals surface area contributed by atoms with Gasteiger partial charge < -0.3 is 15.5 Å². The Labute approximate surface area is 125 Å². The van der Waals surface area contributed by atoms with Gasteiger partial charge in [-0.25, -0.2) is 9.18 Å². The smallest absolute Gasteiger partial charge is 0.323 e. The minimum Gasteiger partial charge on any atom is -0.345 e. The molecule has 2 N–H and O–H groups in total. The number of anilines is 2. The zero-order chi connectivity index (χ0) is 15.4. The number of nitrogens with one attached hydrogen (secondary N) is 2. The van der Waals surface area contributed by atoms with Gasteiger partial charge in [-0.1, -0.05) is 0 Å². The summed E-state index contributed by atoms with van der Waals surface area (Å²) in [5.74, 6) is -1.09. The number of halogens is 1. The molecular formula is C14H14FN3O2S. The van der Waals surface area contributed by atoms with E-state index < -0.39 is 17.8 Å². The normalized spacial score (nSPS) is 10.0. The molecule has 2 rings (SSSR count). The zero-order valence-corrected chi connectivity index (χ0v) is 12.3. The molecule has 3 amide bonds. The Balaban J connectivity index is 2.12. The van der Waals surface area contributed by atoms with Crippen LogP contribution in [0.3, 0.4) is 0 Å². The van der Waals surface area contributed by atoms with Crippen LogP contribution >= 0.6 is 11.3 Å². The van der Waals surface area contributed by atoms with Crippen LogP contribution < -0.4 is 10.6 Å². The van der Waals surface area contributed by atoms with Crippen molar-refractivity contribution in [2.75, 3.05) is 24.7 Å². The van der Waals surface area contributed by atoms with Gasteiger partial charge in [0, 0.05) is 25.2 Å². The highest BCUT2D eigenvalue weighted by atomic mass is 32.1. The van der Waals surface area contributed by atoms with Crippen molar-refractivity contribution in [1.29, 1.82) is 0 Å². The van der Waals surface area contributed by atoms with Gasteiger partial charge in [0.25, 0.3) is 5.91 Å². The molecule has 0 aliphatic rings. The Morgan fingerprint density at radius 3 is 2.48 bits per heavy atom. The summed E-state index contributed by atoms with van der Waals surface area (Å²) < 4.78 is 13.6. The van der Waals surface area contributed by atoms with Crippen molar-refractivity contribution in [3.63, 3.8) is 0 Å². The molecule has 7 heteroatoms. The maximum absolute atomic E-state index is 13.6. The minimum absolute atomic E-state index is 0.0895. The van der Waals surface area contributed by atoms with Crippen LogP contribution in [0, 0.1) is 5.82 Å². The first kappa shape index (κ1) is 15.0. The van der Waals surface area contributed by atoms with Crippen LogP contribution in [0.25, 0.3) is 0 Å². The monoisotopic (exact) mass is 307 g/mol. The summed E-state index contributed by atoms with van der Waals surface area (Å²) in [5, 5.41) is 8.80. The van der Waals surface area contributed by atoms with Gasteiger partial charge in [-0.05, 0) is 29.6 Å². The van der Waals surface area contributed by atoms with Gasteiger partial charge in [0.2, 0.25) is 0 Å². The van der Waals surface area contributed by atoms with Gasteiger partial charge in [-0.3, -0.25) is 4.79 Å². The largest absolute Gasteiger partial charge is 0.345 e. The molecule has 0 spiro atoms. The minimum atomic E-state index is -0.627. The Morgan fingerprint density at radius 2 is 1.86 bits per heavy atom. The molecule has 0 aliphatic carbocycles. The lowest BCUT2D eigenvalue weighted by atomic mass is 10.1. The van der Waals surface area contributed by atoms with Crippen LogP contribution in [0.2, 0.25) is 0 Å². The van der Waals surface area contributed by atoms with E-state index in [-0.39, 0.29) is 5.56 Å². The zero-order valence-electron chi connectivity index (χ0n) is 11.5. The Bertz CT molecular complexity index is 656. The summed E-state index contributed by atoms with van der Waals surface area (Å²) in [4.78, 5) is 24.9. The first-order valence-electron chi connectivity index (χ1n) is 6.09. The fraction of sp³-hybridized carbons (Fsp3) is 0.143. The maximum Gasteiger partial charge on any atom is 0.323 e. The number of thiophene rings is 1. The lowest BCUT2D eigenvalue weighted by molar-refractivity contribution is 0.0823. The van der Waals surface area contributed by atoms with Crippen molar-refractivity contribution in [2.24, 2.45) is 0 Å². The van der Waals surface area contributed by atoms with Crippen molar-refractivity contribution in [3.8, 4) is 0 Å². The van der Waals surface area contributed by atoms with Crippen LogP contribution in [-0.4, -0.2) is 30.9 Å². The van der Waals surface area contributed by atoms with Crippen molar-refractivity contribution in [2.45, 2.75) is 0 Å². The van der Waals surface area contributed by atoms with Gasteiger partial charge in [0.1, 0.15) is 5.82 Å². The van der Waals surface area contributed by atoms with E-state index in [1.807, 2.05) is 5.38 Å². The Hall–Kier alpha value is -2.41. The quantitative estimate of drug-likeness (QED) is 0.914. The van der Waals surface area contributed by atoms with Gasteiger partial charge in [-0.15, -0.1) is 0 Å². The van der Waals surface area contributed by atoms with E-state index >= 15 is 0 Å². The van der Waals surface area contributed by atoms with Gasteiger partial charge in [0.05, 0.1) is 11.3 Å². The number of carbonyl (C=O) groups excluding carboxylic acids is 2. The second-order valence-corrected chi connectivity index (χ2v) is 5.27. The predicted molar refractivity (Wildman–Crippen MR) is 81.4 cm³/mol. The molecule has 0 unspecified atom stereocenters. The van der Waals surface area contributed by atoms with Gasteiger partial charge in [-0.2, -0.15) is 11.3 Å². The number of urea groups is 1. The molecule has 0 fully saturated rings. The van der Waals surface area contributed by atoms with E-state index in [2.05, 4.69) is 10.6 Å².